The van der Waals surface area contributed by atoms with E-state index in [9.17, 15) is 14.7 Å². The van der Waals surface area contributed by atoms with E-state index in [1.165, 1.54) is 12.3 Å². The third kappa shape index (κ3) is 3.07. The number of hydrogen-bond donors (Lipinski definition) is 2. The minimum Gasteiger partial charge on any atom is -0.467 e. The fourth-order valence-corrected chi connectivity index (χ4v) is 1.38. The molecule has 1 unspecified atom stereocenters. The maximum atomic E-state index is 11.5. The van der Waals surface area contributed by atoms with Crippen LogP contribution in [-0.4, -0.2) is 36.7 Å². The van der Waals surface area contributed by atoms with Crippen molar-refractivity contribution >= 4 is 27.8 Å². The quantitative estimate of drug-likeness (QED) is 0.779. The molecule has 7 heteroatoms. The summed E-state index contributed by atoms with van der Waals surface area (Å²) < 4.78 is 9.44. The van der Waals surface area contributed by atoms with E-state index in [1.807, 2.05) is 0 Å². The lowest BCUT2D eigenvalue weighted by Gasteiger charge is -2.08. The molecule has 0 aliphatic rings. The van der Waals surface area contributed by atoms with Gasteiger partial charge in [0.15, 0.2) is 10.8 Å². The number of amides is 1. The molecule has 0 aliphatic heterocycles. The highest BCUT2D eigenvalue weighted by atomic mass is 79.9. The fraction of sp³-hybridized carbons (Fsp3) is 0.333. The van der Waals surface area contributed by atoms with Crippen LogP contribution in [0.15, 0.2) is 21.4 Å². The Hall–Kier alpha value is -1.34. The zero-order chi connectivity index (χ0) is 12.1. The molecule has 0 fully saturated rings. The highest BCUT2D eigenvalue weighted by Crippen LogP contribution is 2.16. The predicted molar refractivity (Wildman–Crippen MR) is 56.8 cm³/mol. The number of carbonyl (C=O) groups is 2. The first kappa shape index (κ1) is 12.7. The molecule has 0 radical (unpaired) electrons. The van der Waals surface area contributed by atoms with E-state index in [0.717, 1.165) is 7.11 Å². The van der Waals surface area contributed by atoms with E-state index in [2.05, 4.69) is 26.0 Å². The van der Waals surface area contributed by atoms with E-state index in [-0.39, 0.29) is 16.8 Å². The summed E-state index contributed by atoms with van der Waals surface area (Å²) in [7, 11) is 1.15. The van der Waals surface area contributed by atoms with Crippen molar-refractivity contribution in [1.82, 2.24) is 5.32 Å². The monoisotopic (exact) mass is 291 g/mol. The Kier molecular flexibility index (Phi) is 4.51. The van der Waals surface area contributed by atoms with Gasteiger partial charge in [-0.05, 0) is 22.0 Å². The Morgan fingerprint density at radius 2 is 2.38 bits per heavy atom. The lowest BCUT2D eigenvalue weighted by atomic mass is 10.3. The SMILES string of the molecule is COC(=O)C(O)CNC(=O)c1ccoc1Br. The zero-order valence-electron chi connectivity index (χ0n) is 8.40. The molecular formula is C9H10BrNO5. The molecule has 0 saturated heterocycles. The van der Waals surface area contributed by atoms with Crippen molar-refractivity contribution in [3.63, 3.8) is 0 Å². The molecule has 0 aliphatic carbocycles. The molecule has 88 valence electrons. The van der Waals surface area contributed by atoms with Gasteiger partial charge in [-0.25, -0.2) is 4.79 Å². The normalized spacial score (nSPS) is 11.9. The predicted octanol–water partition coefficient (Wildman–Crippen LogP) is 0.306. The molecular weight excluding hydrogens is 282 g/mol. The number of esters is 1. The van der Waals surface area contributed by atoms with Crippen molar-refractivity contribution in [2.24, 2.45) is 0 Å². The van der Waals surface area contributed by atoms with Gasteiger partial charge in [-0.15, -0.1) is 0 Å². The highest BCUT2D eigenvalue weighted by molar-refractivity contribution is 9.10. The average molecular weight is 292 g/mol. The van der Waals surface area contributed by atoms with Gasteiger partial charge < -0.3 is 19.6 Å². The second-order valence-electron chi connectivity index (χ2n) is 2.86. The average Bonchev–Trinajstić information content (AvgIpc) is 2.70. The van der Waals surface area contributed by atoms with Gasteiger partial charge in [0, 0.05) is 0 Å². The van der Waals surface area contributed by atoms with Crippen LogP contribution in [0.4, 0.5) is 0 Å². The number of nitrogens with one attached hydrogen (secondary N) is 1. The van der Waals surface area contributed by atoms with Gasteiger partial charge in [-0.2, -0.15) is 0 Å². The van der Waals surface area contributed by atoms with Gasteiger partial charge in [0.1, 0.15) is 0 Å². The number of rotatable bonds is 4. The van der Waals surface area contributed by atoms with Crippen LogP contribution in [0.1, 0.15) is 10.4 Å². The summed E-state index contributed by atoms with van der Waals surface area (Å²) in [6.07, 6.45) is -0.0324. The molecule has 16 heavy (non-hydrogen) atoms. The number of carbonyl (C=O) groups excluding carboxylic acids is 2. The van der Waals surface area contributed by atoms with E-state index in [0.29, 0.717) is 0 Å². The van der Waals surface area contributed by atoms with Gasteiger partial charge >= 0.3 is 5.97 Å². The minimum atomic E-state index is -1.38. The van der Waals surface area contributed by atoms with Crippen LogP contribution < -0.4 is 5.32 Å². The number of methoxy groups -OCH3 is 1. The van der Waals surface area contributed by atoms with Crippen molar-refractivity contribution in [1.29, 1.82) is 0 Å². The van der Waals surface area contributed by atoms with Crippen molar-refractivity contribution in [2.45, 2.75) is 6.10 Å². The lowest BCUT2D eigenvalue weighted by Crippen LogP contribution is -2.37. The molecule has 0 saturated carbocycles. The van der Waals surface area contributed by atoms with Gasteiger partial charge in [0.25, 0.3) is 5.91 Å². The standard InChI is InChI=1S/C9H10BrNO5/c1-15-9(14)6(12)4-11-8(13)5-2-3-16-7(5)10/h2-3,6,12H,4H2,1H3,(H,11,13). The molecule has 0 spiro atoms. The van der Waals surface area contributed by atoms with Crippen LogP contribution in [0, 0.1) is 0 Å². The van der Waals surface area contributed by atoms with Crippen molar-refractivity contribution < 1.29 is 23.8 Å². The molecule has 1 aromatic heterocycles. The minimum absolute atomic E-state index is 0.219. The Morgan fingerprint density at radius 3 is 2.88 bits per heavy atom. The molecule has 1 aromatic rings. The van der Waals surface area contributed by atoms with Gasteiger partial charge in [0.05, 0.1) is 25.5 Å². The van der Waals surface area contributed by atoms with Crippen molar-refractivity contribution in [2.75, 3.05) is 13.7 Å². The summed E-state index contributed by atoms with van der Waals surface area (Å²) >= 11 is 3.03. The molecule has 6 nitrogen and oxygen atoms in total. The maximum Gasteiger partial charge on any atom is 0.336 e. The molecule has 1 heterocycles. The summed E-state index contributed by atoms with van der Waals surface area (Å²) in [6, 6.07) is 1.46. The fourth-order valence-electron chi connectivity index (χ4n) is 0.960. The second kappa shape index (κ2) is 5.66. The summed E-state index contributed by atoms with van der Waals surface area (Å²) in [4.78, 5) is 22.3. The van der Waals surface area contributed by atoms with Crippen LogP contribution in [-0.2, 0) is 9.53 Å². The molecule has 1 atom stereocenters. The third-order valence-corrected chi connectivity index (χ3v) is 2.41. The van der Waals surface area contributed by atoms with Crippen LogP contribution in [0.3, 0.4) is 0 Å². The molecule has 0 aromatic carbocycles. The number of halogens is 1. The van der Waals surface area contributed by atoms with Crippen molar-refractivity contribution in [3.8, 4) is 0 Å². The van der Waals surface area contributed by atoms with Crippen LogP contribution in [0.5, 0.6) is 0 Å². The molecule has 1 rings (SSSR count). The number of hydrogen-bond acceptors (Lipinski definition) is 5. The van der Waals surface area contributed by atoms with Gasteiger partial charge in [-0.1, -0.05) is 0 Å². The van der Waals surface area contributed by atoms with Crippen LogP contribution in [0.2, 0.25) is 0 Å². The van der Waals surface area contributed by atoms with Crippen LogP contribution >= 0.6 is 15.9 Å². The van der Waals surface area contributed by atoms with E-state index in [4.69, 9.17) is 4.42 Å². The van der Waals surface area contributed by atoms with Crippen molar-refractivity contribution in [3.05, 3.63) is 22.6 Å². The Labute approximate surface area is 99.7 Å². The van der Waals surface area contributed by atoms with Gasteiger partial charge in [-0.3, -0.25) is 4.79 Å². The number of ether oxygens (including phenoxy) is 1. The summed E-state index contributed by atoms with van der Waals surface area (Å²) in [5.74, 6) is -1.25. The summed E-state index contributed by atoms with van der Waals surface area (Å²) in [5, 5.41) is 11.6. The Morgan fingerprint density at radius 1 is 1.69 bits per heavy atom. The topological polar surface area (TPSA) is 88.8 Å². The smallest absolute Gasteiger partial charge is 0.336 e. The number of furan rings is 1. The Bertz CT molecular complexity index is 389. The lowest BCUT2D eigenvalue weighted by molar-refractivity contribution is -0.149. The molecule has 2 N–H and O–H groups in total. The first-order valence-corrected chi connectivity index (χ1v) is 5.12. The first-order valence-electron chi connectivity index (χ1n) is 4.33. The third-order valence-electron chi connectivity index (χ3n) is 1.79. The number of aliphatic hydroxyl groups is 1. The summed E-state index contributed by atoms with van der Waals surface area (Å²) in [6.45, 7) is -0.219. The molecule has 1 amide bonds. The van der Waals surface area contributed by atoms with E-state index < -0.39 is 18.0 Å². The second-order valence-corrected chi connectivity index (χ2v) is 3.58. The number of aliphatic hydroxyl groups excluding tert-OH is 1. The van der Waals surface area contributed by atoms with Crippen LogP contribution in [0.25, 0.3) is 0 Å². The van der Waals surface area contributed by atoms with E-state index in [1.54, 1.807) is 0 Å². The highest BCUT2D eigenvalue weighted by Gasteiger charge is 2.18. The van der Waals surface area contributed by atoms with Gasteiger partial charge in [0.2, 0.25) is 0 Å². The first-order chi connectivity index (χ1) is 7.56. The maximum absolute atomic E-state index is 11.5. The Balaban J connectivity index is 2.48. The summed E-state index contributed by atoms with van der Waals surface area (Å²) in [5.41, 5.74) is 0.289. The van der Waals surface area contributed by atoms with E-state index >= 15 is 0 Å². The largest absolute Gasteiger partial charge is 0.467 e. The zero-order valence-corrected chi connectivity index (χ0v) is 9.98. The molecule has 0 bridgehead atoms.